The van der Waals surface area contributed by atoms with Crippen LogP contribution in [0.25, 0.3) is 0 Å². The van der Waals surface area contributed by atoms with E-state index in [1.165, 1.54) is 0 Å². The minimum Gasteiger partial charge on any atom is -0.368 e. The van der Waals surface area contributed by atoms with Crippen LogP contribution < -0.4 is 11.5 Å². The van der Waals surface area contributed by atoms with Gasteiger partial charge in [0.25, 0.3) is 0 Å². The van der Waals surface area contributed by atoms with Crippen LogP contribution in [0.1, 0.15) is 32.0 Å². The van der Waals surface area contributed by atoms with Crippen molar-refractivity contribution in [3.8, 4) is 0 Å². The number of primary amides is 1. The van der Waals surface area contributed by atoms with E-state index in [4.69, 9.17) is 11.5 Å². The lowest BCUT2D eigenvalue weighted by Crippen LogP contribution is -2.49. The molecular weight excluding hydrogens is 238 g/mol. The highest BCUT2D eigenvalue weighted by Crippen LogP contribution is 2.16. The number of thioether (sulfide) groups is 1. The molecule has 1 aromatic rings. The van der Waals surface area contributed by atoms with Gasteiger partial charge in [-0.3, -0.25) is 9.89 Å². The van der Waals surface area contributed by atoms with E-state index in [9.17, 15) is 4.79 Å². The summed E-state index contributed by atoms with van der Waals surface area (Å²) < 4.78 is 0. The van der Waals surface area contributed by atoms with Crippen molar-refractivity contribution in [2.24, 2.45) is 11.5 Å². The lowest BCUT2D eigenvalue weighted by molar-refractivity contribution is -0.122. The van der Waals surface area contributed by atoms with Gasteiger partial charge in [0.05, 0.1) is 5.54 Å². The van der Waals surface area contributed by atoms with E-state index in [2.05, 4.69) is 15.2 Å². The smallest absolute Gasteiger partial charge is 0.237 e. The van der Waals surface area contributed by atoms with Crippen molar-refractivity contribution in [2.75, 3.05) is 5.75 Å². The van der Waals surface area contributed by atoms with Gasteiger partial charge in [-0.05, 0) is 26.7 Å². The van der Waals surface area contributed by atoms with E-state index in [-0.39, 0.29) is 0 Å². The normalized spacial score (nSPS) is 14.5. The third kappa shape index (κ3) is 4.74. The zero-order valence-electron chi connectivity index (χ0n) is 10.2. The second-order valence-electron chi connectivity index (χ2n) is 4.29. The molecule has 0 spiro atoms. The van der Waals surface area contributed by atoms with E-state index in [1.807, 2.05) is 6.92 Å². The molecule has 0 bridgehead atoms. The molecule has 7 heteroatoms. The molecule has 1 unspecified atom stereocenters. The van der Waals surface area contributed by atoms with Crippen LogP contribution in [0.3, 0.4) is 0 Å². The number of nitrogens with zero attached hydrogens (tertiary/aromatic N) is 2. The fourth-order valence-corrected chi connectivity index (χ4v) is 2.11. The molecule has 0 saturated heterocycles. The molecule has 0 aliphatic rings. The summed E-state index contributed by atoms with van der Waals surface area (Å²) >= 11 is 1.59. The highest BCUT2D eigenvalue weighted by atomic mass is 32.2. The van der Waals surface area contributed by atoms with Gasteiger partial charge < -0.3 is 11.5 Å². The predicted molar refractivity (Wildman–Crippen MR) is 67.5 cm³/mol. The van der Waals surface area contributed by atoms with Gasteiger partial charge in [0.15, 0.2) is 0 Å². The molecule has 17 heavy (non-hydrogen) atoms. The van der Waals surface area contributed by atoms with Gasteiger partial charge in [0.2, 0.25) is 11.1 Å². The van der Waals surface area contributed by atoms with E-state index in [0.717, 1.165) is 29.6 Å². The van der Waals surface area contributed by atoms with E-state index in [1.54, 1.807) is 18.7 Å². The van der Waals surface area contributed by atoms with Crippen LogP contribution >= 0.6 is 11.8 Å². The van der Waals surface area contributed by atoms with Gasteiger partial charge in [-0.1, -0.05) is 18.2 Å². The van der Waals surface area contributed by atoms with Crippen molar-refractivity contribution < 1.29 is 4.79 Å². The number of amides is 1. The molecule has 0 aliphatic carbocycles. The van der Waals surface area contributed by atoms with Crippen molar-refractivity contribution in [3.05, 3.63) is 5.82 Å². The molecule has 1 amide bonds. The number of H-pyrrole nitrogens is 1. The van der Waals surface area contributed by atoms with Gasteiger partial charge in [-0.15, -0.1) is 5.10 Å². The Morgan fingerprint density at radius 1 is 1.53 bits per heavy atom. The highest BCUT2D eigenvalue weighted by molar-refractivity contribution is 7.99. The number of hydrogen-bond donors (Lipinski definition) is 3. The molecule has 6 nitrogen and oxygen atoms in total. The molecule has 0 aromatic carbocycles. The number of carbonyl (C=O) groups excluding carboxylic acids is 1. The van der Waals surface area contributed by atoms with Crippen LogP contribution in [0.5, 0.6) is 0 Å². The fourth-order valence-electron chi connectivity index (χ4n) is 1.27. The first-order chi connectivity index (χ1) is 7.92. The van der Waals surface area contributed by atoms with Gasteiger partial charge in [0.1, 0.15) is 5.82 Å². The summed E-state index contributed by atoms with van der Waals surface area (Å²) in [7, 11) is 0. The summed E-state index contributed by atoms with van der Waals surface area (Å²) in [4.78, 5) is 15.2. The zero-order valence-corrected chi connectivity index (χ0v) is 11.0. The minimum absolute atomic E-state index is 0.449. The Morgan fingerprint density at radius 3 is 2.76 bits per heavy atom. The maximum atomic E-state index is 11.0. The standard InChI is InChI=1S/C10H19N5OS/c1-7-13-9(15-14-7)17-6-4-3-5-10(2,12)8(11)16/h3-6,12H2,1-2H3,(H2,11,16)(H,13,14,15). The molecule has 1 aromatic heterocycles. The summed E-state index contributed by atoms with van der Waals surface area (Å²) in [5.74, 6) is 1.28. The lowest BCUT2D eigenvalue weighted by atomic mass is 9.96. The number of nitrogens with one attached hydrogen (secondary N) is 1. The van der Waals surface area contributed by atoms with E-state index >= 15 is 0 Å². The predicted octanol–water partition coefficient (Wildman–Crippen LogP) is 0.578. The maximum absolute atomic E-state index is 11.0. The number of aromatic amines is 1. The number of hydrogen-bond acceptors (Lipinski definition) is 5. The monoisotopic (exact) mass is 257 g/mol. The zero-order chi connectivity index (χ0) is 12.9. The van der Waals surface area contributed by atoms with Crippen molar-refractivity contribution in [3.63, 3.8) is 0 Å². The minimum atomic E-state index is -0.897. The summed E-state index contributed by atoms with van der Waals surface area (Å²) in [6.07, 6.45) is 2.43. The fraction of sp³-hybridized carbons (Fsp3) is 0.700. The summed E-state index contributed by atoms with van der Waals surface area (Å²) in [5.41, 5.74) is 10.0. The number of carbonyl (C=O) groups is 1. The molecule has 0 fully saturated rings. The van der Waals surface area contributed by atoms with Crippen LogP contribution in [-0.2, 0) is 4.79 Å². The van der Waals surface area contributed by atoms with Crippen molar-refractivity contribution in [1.29, 1.82) is 0 Å². The Labute approximate surface area is 105 Å². The first-order valence-electron chi connectivity index (χ1n) is 5.52. The van der Waals surface area contributed by atoms with Gasteiger partial charge in [-0.2, -0.15) is 0 Å². The second kappa shape index (κ2) is 6.02. The Bertz CT molecular complexity index is 377. The van der Waals surface area contributed by atoms with Crippen LogP contribution in [0.15, 0.2) is 5.16 Å². The Morgan fingerprint density at radius 2 is 2.24 bits per heavy atom. The highest BCUT2D eigenvalue weighted by Gasteiger charge is 2.24. The third-order valence-electron chi connectivity index (χ3n) is 2.46. The van der Waals surface area contributed by atoms with Gasteiger partial charge in [-0.25, -0.2) is 4.98 Å². The van der Waals surface area contributed by atoms with Crippen molar-refractivity contribution in [2.45, 2.75) is 43.8 Å². The van der Waals surface area contributed by atoms with Crippen molar-refractivity contribution in [1.82, 2.24) is 15.2 Å². The van der Waals surface area contributed by atoms with E-state index in [0.29, 0.717) is 6.42 Å². The molecule has 1 heterocycles. The average Bonchev–Trinajstić information content (AvgIpc) is 2.63. The molecule has 0 aliphatic heterocycles. The molecule has 5 N–H and O–H groups in total. The molecular formula is C10H19N5OS. The first-order valence-corrected chi connectivity index (χ1v) is 6.51. The summed E-state index contributed by atoms with van der Waals surface area (Å²) in [6.45, 7) is 3.53. The Hall–Kier alpha value is -1.08. The molecule has 1 atom stereocenters. The summed E-state index contributed by atoms with van der Waals surface area (Å²) in [6, 6.07) is 0. The van der Waals surface area contributed by atoms with E-state index < -0.39 is 11.4 Å². The Kier molecular flexibility index (Phi) is 4.95. The number of aryl methyl sites for hydroxylation is 1. The van der Waals surface area contributed by atoms with Crippen LogP contribution in [0, 0.1) is 6.92 Å². The molecule has 0 radical (unpaired) electrons. The largest absolute Gasteiger partial charge is 0.368 e. The van der Waals surface area contributed by atoms with Gasteiger partial charge >= 0.3 is 0 Å². The maximum Gasteiger partial charge on any atom is 0.237 e. The SMILES string of the molecule is Cc1nc(SCCCCC(C)(N)C(N)=O)n[nH]1. The number of nitrogens with two attached hydrogens (primary N) is 2. The first kappa shape index (κ1) is 14.0. The average molecular weight is 257 g/mol. The topological polar surface area (TPSA) is 111 Å². The lowest BCUT2D eigenvalue weighted by Gasteiger charge is -2.19. The van der Waals surface area contributed by atoms with Crippen LogP contribution in [0.2, 0.25) is 0 Å². The van der Waals surface area contributed by atoms with Gasteiger partial charge in [0, 0.05) is 5.75 Å². The van der Waals surface area contributed by atoms with Crippen LogP contribution in [0.4, 0.5) is 0 Å². The number of unbranched alkanes of at least 4 members (excludes halogenated alkanes) is 1. The number of aromatic nitrogens is 3. The summed E-state index contributed by atoms with van der Waals surface area (Å²) in [5, 5.41) is 7.56. The van der Waals surface area contributed by atoms with Crippen molar-refractivity contribution >= 4 is 17.7 Å². The number of rotatable bonds is 7. The molecule has 0 saturated carbocycles. The van der Waals surface area contributed by atoms with Crippen LogP contribution in [-0.4, -0.2) is 32.4 Å². The Balaban J connectivity index is 2.15. The quantitative estimate of drug-likeness (QED) is 0.488. The third-order valence-corrected chi connectivity index (χ3v) is 3.39. The molecule has 96 valence electrons. The second-order valence-corrected chi connectivity index (χ2v) is 5.35. The molecule has 1 rings (SSSR count).